The van der Waals surface area contributed by atoms with Crippen LogP contribution < -0.4 is 4.87 Å². The Labute approximate surface area is 88.2 Å². The highest BCUT2D eigenvalue weighted by Crippen LogP contribution is 2.17. The second-order valence-corrected chi connectivity index (χ2v) is 3.93. The molecule has 0 aliphatic carbocycles. The number of nitrogens with zero attached hydrogens (tertiary/aromatic N) is 1. The zero-order valence-electron chi connectivity index (χ0n) is 6.91. The van der Waals surface area contributed by atoms with E-state index in [1.54, 1.807) is 11.4 Å². The van der Waals surface area contributed by atoms with Crippen molar-refractivity contribution in [3.63, 3.8) is 0 Å². The van der Waals surface area contributed by atoms with Crippen molar-refractivity contribution in [1.82, 2.24) is 4.57 Å². The molecule has 0 atom stereocenters. The van der Waals surface area contributed by atoms with E-state index in [1.807, 2.05) is 0 Å². The van der Waals surface area contributed by atoms with Gasteiger partial charge in [0, 0.05) is 16.6 Å². The number of benzene rings is 1. The van der Waals surface area contributed by atoms with Crippen molar-refractivity contribution < 1.29 is 4.39 Å². The number of hydrogen-bond acceptors (Lipinski definition) is 2. The summed E-state index contributed by atoms with van der Waals surface area (Å²) in [6.45, 7) is 0. The van der Waals surface area contributed by atoms with Crippen LogP contribution in [0.25, 0.3) is 5.69 Å². The summed E-state index contributed by atoms with van der Waals surface area (Å²) in [4.78, 5) is 11.0. The first-order chi connectivity index (χ1) is 6.68. The molecule has 0 radical (unpaired) electrons. The third-order valence-electron chi connectivity index (χ3n) is 1.74. The van der Waals surface area contributed by atoms with Crippen molar-refractivity contribution in [2.75, 3.05) is 0 Å². The van der Waals surface area contributed by atoms with Crippen molar-refractivity contribution in [3.05, 3.63) is 50.3 Å². The lowest BCUT2D eigenvalue weighted by Crippen LogP contribution is -2.10. The average Bonchev–Trinajstić information content (AvgIpc) is 2.52. The van der Waals surface area contributed by atoms with Gasteiger partial charge in [-0.3, -0.25) is 9.36 Å². The molecule has 1 aromatic heterocycles. The highest BCUT2D eigenvalue weighted by Gasteiger charge is 2.06. The van der Waals surface area contributed by atoms with Crippen LogP contribution in [0.5, 0.6) is 0 Å². The summed E-state index contributed by atoms with van der Waals surface area (Å²) in [5.41, 5.74) is 0.223. The predicted octanol–water partition coefficient (Wildman–Crippen LogP) is 2.69. The Balaban J connectivity index is 2.63. The van der Waals surface area contributed by atoms with Gasteiger partial charge in [0.25, 0.3) is 0 Å². The summed E-state index contributed by atoms with van der Waals surface area (Å²) >= 11 is 6.61. The maximum atomic E-state index is 13.4. The first kappa shape index (κ1) is 9.43. The Morgan fingerprint density at radius 3 is 2.79 bits per heavy atom. The Bertz CT molecular complexity index is 520. The predicted molar refractivity (Wildman–Crippen MR) is 54.9 cm³/mol. The van der Waals surface area contributed by atoms with E-state index >= 15 is 0 Å². The minimum atomic E-state index is -0.502. The second-order valence-electron chi connectivity index (χ2n) is 2.63. The molecule has 1 heterocycles. The zero-order chi connectivity index (χ0) is 10.1. The van der Waals surface area contributed by atoms with Crippen LogP contribution in [0.3, 0.4) is 0 Å². The molecule has 0 N–H and O–H groups in total. The molecule has 0 aliphatic rings. The highest BCUT2D eigenvalue weighted by molar-refractivity contribution is 7.07. The molecule has 72 valence electrons. The first-order valence-electron chi connectivity index (χ1n) is 3.80. The fourth-order valence-electron chi connectivity index (χ4n) is 1.12. The number of halogens is 2. The number of hydrogen-bond donors (Lipinski definition) is 0. The SMILES string of the molecule is O=c1sccn1-c1ccc(Cl)cc1F. The molecule has 0 amide bonds. The molecule has 0 unspecified atom stereocenters. The van der Waals surface area contributed by atoms with Gasteiger partial charge in [-0.05, 0) is 18.2 Å². The van der Waals surface area contributed by atoms with Crippen LogP contribution in [0.2, 0.25) is 5.02 Å². The summed E-state index contributed by atoms with van der Waals surface area (Å²) in [6.07, 6.45) is 1.53. The van der Waals surface area contributed by atoms with Crippen LogP contribution >= 0.6 is 22.9 Å². The smallest absolute Gasteiger partial charge is 0.272 e. The first-order valence-corrected chi connectivity index (χ1v) is 5.06. The average molecular weight is 230 g/mol. The topological polar surface area (TPSA) is 22.0 Å². The normalized spacial score (nSPS) is 10.4. The van der Waals surface area contributed by atoms with Gasteiger partial charge in [0.15, 0.2) is 0 Å². The number of rotatable bonds is 1. The van der Waals surface area contributed by atoms with E-state index in [0.29, 0.717) is 5.02 Å². The minimum Gasteiger partial charge on any atom is -0.272 e. The molecule has 0 saturated carbocycles. The van der Waals surface area contributed by atoms with Crippen molar-refractivity contribution in [2.24, 2.45) is 0 Å². The number of aromatic nitrogens is 1. The molecule has 2 nitrogen and oxygen atoms in total. The van der Waals surface area contributed by atoms with Gasteiger partial charge < -0.3 is 0 Å². The van der Waals surface area contributed by atoms with E-state index in [-0.39, 0.29) is 10.6 Å². The fourth-order valence-corrected chi connectivity index (χ4v) is 1.85. The summed E-state index contributed by atoms with van der Waals surface area (Å²) < 4.78 is 14.6. The highest BCUT2D eigenvalue weighted by atomic mass is 35.5. The Kier molecular flexibility index (Phi) is 2.39. The molecule has 0 saturated heterocycles. The van der Waals surface area contributed by atoms with Crippen LogP contribution in [0.4, 0.5) is 4.39 Å². The molecular weight excluding hydrogens is 225 g/mol. The summed E-state index contributed by atoms with van der Waals surface area (Å²) in [5.74, 6) is -0.502. The van der Waals surface area contributed by atoms with E-state index in [2.05, 4.69) is 0 Å². The van der Waals surface area contributed by atoms with Gasteiger partial charge >= 0.3 is 4.87 Å². The Hall–Kier alpha value is -1.13. The fraction of sp³-hybridized carbons (Fsp3) is 0. The van der Waals surface area contributed by atoms with Crippen molar-refractivity contribution >= 4 is 22.9 Å². The van der Waals surface area contributed by atoms with Gasteiger partial charge in [-0.2, -0.15) is 0 Å². The largest absolute Gasteiger partial charge is 0.311 e. The number of thiazole rings is 1. The molecule has 14 heavy (non-hydrogen) atoms. The van der Waals surface area contributed by atoms with Crippen LogP contribution in [0, 0.1) is 5.82 Å². The van der Waals surface area contributed by atoms with Crippen LogP contribution in [-0.4, -0.2) is 4.57 Å². The van der Waals surface area contributed by atoms with Gasteiger partial charge in [-0.25, -0.2) is 4.39 Å². The van der Waals surface area contributed by atoms with Gasteiger partial charge in [0.2, 0.25) is 0 Å². The van der Waals surface area contributed by atoms with Gasteiger partial charge in [0.1, 0.15) is 5.82 Å². The lowest BCUT2D eigenvalue weighted by Gasteiger charge is -2.02. The van der Waals surface area contributed by atoms with E-state index in [0.717, 1.165) is 11.3 Å². The van der Waals surface area contributed by atoms with Gasteiger partial charge in [0.05, 0.1) is 5.69 Å². The molecule has 0 fully saturated rings. The van der Waals surface area contributed by atoms with Crippen LogP contribution in [0.15, 0.2) is 34.6 Å². The summed E-state index contributed by atoms with van der Waals surface area (Å²) in [6, 6.07) is 4.21. The maximum Gasteiger partial charge on any atom is 0.311 e. The quantitative estimate of drug-likeness (QED) is 0.737. The lowest BCUT2D eigenvalue weighted by atomic mass is 10.3. The van der Waals surface area contributed by atoms with Crippen LogP contribution in [-0.2, 0) is 0 Å². The molecule has 5 heteroatoms. The van der Waals surface area contributed by atoms with E-state index in [1.165, 1.54) is 22.9 Å². The van der Waals surface area contributed by atoms with Crippen LogP contribution in [0.1, 0.15) is 0 Å². The molecular formula is C9H5ClFNOS. The van der Waals surface area contributed by atoms with Gasteiger partial charge in [-0.1, -0.05) is 22.9 Å². The molecule has 2 rings (SSSR count). The standard InChI is InChI=1S/C9H5ClFNOS/c10-6-1-2-8(7(11)5-6)12-3-4-14-9(12)13/h1-5H. The summed E-state index contributed by atoms with van der Waals surface area (Å²) in [7, 11) is 0. The lowest BCUT2D eigenvalue weighted by molar-refractivity contribution is 0.617. The van der Waals surface area contributed by atoms with Gasteiger partial charge in [-0.15, -0.1) is 0 Å². The zero-order valence-corrected chi connectivity index (χ0v) is 8.48. The Morgan fingerprint density at radius 2 is 2.21 bits per heavy atom. The third-order valence-corrected chi connectivity index (χ3v) is 2.64. The van der Waals surface area contributed by atoms with E-state index in [4.69, 9.17) is 11.6 Å². The van der Waals surface area contributed by atoms with E-state index < -0.39 is 5.82 Å². The Morgan fingerprint density at radius 1 is 1.43 bits per heavy atom. The third kappa shape index (κ3) is 1.58. The second kappa shape index (κ2) is 3.55. The molecule has 0 bridgehead atoms. The van der Waals surface area contributed by atoms with E-state index in [9.17, 15) is 9.18 Å². The van der Waals surface area contributed by atoms with Crippen molar-refractivity contribution in [2.45, 2.75) is 0 Å². The minimum absolute atomic E-state index is 0.216. The molecule has 0 aliphatic heterocycles. The summed E-state index contributed by atoms with van der Waals surface area (Å²) in [5, 5.41) is 1.92. The molecule has 2 aromatic rings. The van der Waals surface area contributed by atoms with Crippen molar-refractivity contribution in [1.29, 1.82) is 0 Å². The molecule has 1 aromatic carbocycles. The van der Waals surface area contributed by atoms with Crippen molar-refractivity contribution in [3.8, 4) is 5.69 Å². The maximum absolute atomic E-state index is 13.4. The molecule has 0 spiro atoms. The monoisotopic (exact) mass is 229 g/mol.